The maximum atomic E-state index is 1.69. The fraction of sp³-hybridized carbons (Fsp3) is 1.00. The summed E-state index contributed by atoms with van der Waals surface area (Å²) in [6, 6.07) is 0. The fourth-order valence-electron chi connectivity index (χ4n) is 0.0833. The van der Waals surface area contributed by atoms with E-state index < -0.39 is 0 Å². The normalized spacial score (nSPS) is 24.0. The van der Waals surface area contributed by atoms with Gasteiger partial charge in [0.1, 0.15) is 0 Å². The van der Waals surface area contributed by atoms with Crippen LogP contribution in [0.25, 0.3) is 0 Å². The van der Waals surface area contributed by atoms with E-state index in [9.17, 15) is 0 Å². The van der Waals surface area contributed by atoms with Gasteiger partial charge in [-0.05, 0) is 0 Å². The Hall–Kier alpha value is 1.58. The van der Waals surface area contributed by atoms with Crippen LogP contribution in [-0.2, 0) is 0 Å². The Morgan fingerprint density at radius 2 is 1.25 bits per heavy atom. The molecule has 4 heavy (non-hydrogen) atoms. The van der Waals surface area contributed by atoms with E-state index in [2.05, 4.69) is 0 Å². The van der Waals surface area contributed by atoms with Crippen LogP contribution in [0.15, 0.2) is 0 Å². The summed E-state index contributed by atoms with van der Waals surface area (Å²) in [4.78, 5) is 0. The van der Waals surface area contributed by atoms with E-state index >= 15 is 0 Å². The second-order valence-electron chi connectivity index (χ2n) is 0.644. The molecule has 1 saturated heterocycles. The van der Waals surface area contributed by atoms with Gasteiger partial charge in [-0.1, -0.05) is 0 Å². The minimum absolute atomic E-state index is 0.792. The zero-order valence-electron chi connectivity index (χ0n) is 2.23. The Morgan fingerprint density at radius 3 is 1.25 bits per heavy atom. The van der Waals surface area contributed by atoms with Crippen LogP contribution in [0.3, 0.4) is 0 Å². The van der Waals surface area contributed by atoms with Crippen LogP contribution in [0.1, 0.15) is 0 Å². The third-order valence-corrected chi connectivity index (χ3v) is 15.0. The van der Waals surface area contributed by atoms with Crippen molar-refractivity contribution in [3.63, 3.8) is 0 Å². The molecule has 0 aromatic rings. The van der Waals surface area contributed by atoms with Crippen molar-refractivity contribution in [1.29, 1.82) is 0 Å². The molecule has 0 atom stereocenters. The average Bonchev–Trinajstić information content (AvgIpc) is 0.722. The van der Waals surface area contributed by atoms with Gasteiger partial charge in [0, 0.05) is 0 Å². The van der Waals surface area contributed by atoms with Gasteiger partial charge < -0.3 is 0 Å². The van der Waals surface area contributed by atoms with E-state index in [1.165, 1.54) is 0 Å². The van der Waals surface area contributed by atoms with Crippen molar-refractivity contribution in [2.75, 3.05) is 0 Å². The molecule has 0 nitrogen and oxygen atoms in total. The Kier molecular flexibility index (Phi) is 1.77. The predicted molar refractivity (Wildman–Crippen MR) is 21.1 cm³/mol. The molecule has 0 radical (unpaired) electrons. The van der Waals surface area contributed by atoms with E-state index in [0.717, 1.165) is 34.1 Å². The number of hydrogen-bond acceptors (Lipinski definition) is 0. The molecule has 0 saturated carbocycles. The second-order valence-corrected chi connectivity index (χ2v) is 13.3. The van der Waals surface area contributed by atoms with Crippen LogP contribution in [0.4, 0.5) is 0 Å². The second kappa shape index (κ2) is 1.88. The first kappa shape index (κ1) is 3.76. The van der Waals surface area contributed by atoms with Gasteiger partial charge in [0.2, 0.25) is 0 Å². The molecule has 0 bridgehead atoms. The molecule has 1 aliphatic heterocycles. The summed E-state index contributed by atoms with van der Waals surface area (Å²) in [7, 11) is 0. The topological polar surface area (TPSA) is 0 Å². The SMILES string of the molecule is C1C[Te][Te]1. The van der Waals surface area contributed by atoms with Crippen LogP contribution in [-0.4, -0.2) is 34.1 Å². The third kappa shape index (κ3) is 0.765. The molecule has 1 rings (SSSR count). The molecule has 1 fully saturated rings. The first-order valence-electron chi connectivity index (χ1n) is 1.24. The van der Waals surface area contributed by atoms with Crippen LogP contribution in [0.5, 0.6) is 0 Å². The van der Waals surface area contributed by atoms with Crippen molar-refractivity contribution in [2.24, 2.45) is 0 Å². The predicted octanol–water partition coefficient (Wildman–Crippen LogP) is 0.160. The van der Waals surface area contributed by atoms with Crippen molar-refractivity contribution in [3.05, 3.63) is 0 Å². The zero-order valence-corrected chi connectivity index (χ0v) is 6.89. The van der Waals surface area contributed by atoms with E-state index in [-0.39, 0.29) is 0 Å². The molecule has 2 heteroatoms. The molecule has 0 spiro atoms. The Balaban J connectivity index is 2.00. The van der Waals surface area contributed by atoms with E-state index in [1.807, 2.05) is 0 Å². The molecule has 0 aromatic carbocycles. The summed E-state index contributed by atoms with van der Waals surface area (Å²) in [5.74, 6) is 0. The van der Waals surface area contributed by atoms with Crippen LogP contribution in [0, 0.1) is 0 Å². The van der Waals surface area contributed by atoms with Crippen molar-refractivity contribution in [2.45, 2.75) is 8.94 Å². The molecule has 0 aromatic heterocycles. The van der Waals surface area contributed by atoms with Gasteiger partial charge >= 0.3 is 43.1 Å². The van der Waals surface area contributed by atoms with E-state index in [4.69, 9.17) is 0 Å². The van der Waals surface area contributed by atoms with Gasteiger partial charge in [0.05, 0.1) is 0 Å². The zero-order chi connectivity index (χ0) is 2.83. The minimum atomic E-state index is 0.792. The Labute approximate surface area is 42.7 Å². The molecule has 1 heterocycles. The standard InChI is InChI=1S/C2H4Te2/c1-2-4-3-1/h1-2H2. The summed E-state index contributed by atoms with van der Waals surface area (Å²) in [5, 5.41) is 0. The van der Waals surface area contributed by atoms with Crippen LogP contribution < -0.4 is 0 Å². The summed E-state index contributed by atoms with van der Waals surface area (Å²) < 4.78 is 3.38. The molecule has 1 aliphatic rings. The molecule has 0 unspecified atom stereocenters. The summed E-state index contributed by atoms with van der Waals surface area (Å²) in [5.41, 5.74) is 0. The van der Waals surface area contributed by atoms with Crippen LogP contribution in [0.2, 0.25) is 8.94 Å². The third-order valence-electron chi connectivity index (χ3n) is 0.333. The summed E-state index contributed by atoms with van der Waals surface area (Å²) in [6.07, 6.45) is 0. The molecule has 0 aliphatic carbocycles. The molecule has 0 N–H and O–H groups in total. The van der Waals surface area contributed by atoms with Crippen LogP contribution >= 0.6 is 0 Å². The molecular weight excluding hydrogens is 279 g/mol. The molecular formula is C2H4Te2. The average molecular weight is 283 g/mol. The fourth-order valence-corrected chi connectivity index (χ4v) is 3.75. The van der Waals surface area contributed by atoms with Gasteiger partial charge in [0.15, 0.2) is 0 Å². The van der Waals surface area contributed by atoms with Gasteiger partial charge in [0.25, 0.3) is 0 Å². The number of hydrogen-bond donors (Lipinski definition) is 0. The quantitative estimate of drug-likeness (QED) is 0.556. The monoisotopic (exact) mass is 288 g/mol. The van der Waals surface area contributed by atoms with Gasteiger partial charge in [-0.3, -0.25) is 0 Å². The van der Waals surface area contributed by atoms with Crippen molar-refractivity contribution < 1.29 is 0 Å². The van der Waals surface area contributed by atoms with Gasteiger partial charge in [-0.2, -0.15) is 0 Å². The van der Waals surface area contributed by atoms with Crippen molar-refractivity contribution >= 4 is 34.1 Å². The Morgan fingerprint density at radius 1 is 1.00 bits per heavy atom. The Bertz CT molecular complexity index is 12.0. The van der Waals surface area contributed by atoms with E-state index in [0.29, 0.717) is 0 Å². The first-order valence-corrected chi connectivity index (χ1v) is 11.9. The molecule has 24 valence electrons. The van der Waals surface area contributed by atoms with Crippen molar-refractivity contribution in [1.82, 2.24) is 0 Å². The van der Waals surface area contributed by atoms with Crippen molar-refractivity contribution in [3.8, 4) is 0 Å². The maximum absolute atomic E-state index is 1.69. The summed E-state index contributed by atoms with van der Waals surface area (Å²) in [6.45, 7) is 0. The first-order chi connectivity index (χ1) is 2.00. The van der Waals surface area contributed by atoms with E-state index in [1.54, 1.807) is 8.94 Å². The number of rotatable bonds is 0. The van der Waals surface area contributed by atoms with Gasteiger partial charge in [-0.15, -0.1) is 0 Å². The molecule has 0 amide bonds. The van der Waals surface area contributed by atoms with Gasteiger partial charge in [-0.25, -0.2) is 0 Å². The summed E-state index contributed by atoms with van der Waals surface area (Å²) >= 11 is 1.58.